The topological polar surface area (TPSA) is 77.8 Å². The van der Waals surface area contributed by atoms with Gasteiger partial charge in [-0.1, -0.05) is 5.16 Å². The number of nitrogens with two attached hydrogens (primary N) is 1. The first-order valence-electron chi connectivity index (χ1n) is 3.73. The highest BCUT2D eigenvalue weighted by Crippen LogP contribution is 2.11. The Morgan fingerprint density at radius 3 is 2.92 bits per heavy atom. The molecule has 0 amide bonds. The highest BCUT2D eigenvalue weighted by Gasteiger charge is 2.05. The van der Waals surface area contributed by atoms with Crippen molar-refractivity contribution in [1.82, 2.24) is 15.1 Å². The number of thiazole rings is 1. The molecule has 2 aromatic rings. The van der Waals surface area contributed by atoms with E-state index >= 15 is 0 Å². The van der Waals surface area contributed by atoms with Gasteiger partial charge in [0.25, 0.3) is 0 Å². The molecule has 0 aliphatic carbocycles. The number of aryl methyl sites for hydroxylation is 1. The summed E-state index contributed by atoms with van der Waals surface area (Å²) in [5.41, 5.74) is 6.23. The Hall–Kier alpha value is -1.43. The van der Waals surface area contributed by atoms with Crippen molar-refractivity contribution in [2.45, 2.75) is 13.3 Å². The first-order chi connectivity index (χ1) is 6.24. The molecule has 2 aromatic heterocycles. The lowest BCUT2D eigenvalue weighted by molar-refractivity contribution is 0.428. The lowest BCUT2D eigenvalue weighted by atomic mass is 10.3. The summed E-state index contributed by atoms with van der Waals surface area (Å²) in [6, 6.07) is 0.0990. The Labute approximate surface area is 78.6 Å². The van der Waals surface area contributed by atoms with Crippen molar-refractivity contribution in [3.63, 3.8) is 0 Å². The second-order valence-corrected chi connectivity index (χ2v) is 3.65. The first kappa shape index (κ1) is 8.18. The van der Waals surface area contributed by atoms with Crippen LogP contribution >= 0.6 is 11.3 Å². The summed E-state index contributed by atoms with van der Waals surface area (Å²) in [6.07, 6.45) is 0.574. The van der Waals surface area contributed by atoms with Crippen molar-refractivity contribution < 1.29 is 4.52 Å². The maximum absolute atomic E-state index is 5.28. The molecule has 0 atom stereocenters. The van der Waals surface area contributed by atoms with E-state index in [1.54, 1.807) is 11.3 Å². The van der Waals surface area contributed by atoms with Gasteiger partial charge in [-0.2, -0.15) is 4.98 Å². The molecule has 2 rings (SSSR count). The normalized spacial score (nSPS) is 10.5. The summed E-state index contributed by atoms with van der Waals surface area (Å²) in [7, 11) is 0. The van der Waals surface area contributed by atoms with Crippen molar-refractivity contribution in [2.75, 3.05) is 5.73 Å². The fourth-order valence-corrected chi connectivity index (χ4v) is 1.60. The molecule has 0 aliphatic rings. The van der Waals surface area contributed by atoms with E-state index in [4.69, 9.17) is 5.73 Å². The fraction of sp³-hybridized carbons (Fsp3) is 0.286. The van der Waals surface area contributed by atoms with Gasteiger partial charge in [0, 0.05) is 5.38 Å². The van der Waals surface area contributed by atoms with Gasteiger partial charge in [0.2, 0.25) is 0 Å². The van der Waals surface area contributed by atoms with E-state index in [1.165, 1.54) is 0 Å². The lowest BCUT2D eigenvalue weighted by Crippen LogP contribution is -1.91. The Morgan fingerprint density at radius 1 is 1.54 bits per heavy atom. The number of hydrogen-bond donors (Lipinski definition) is 1. The molecule has 5 nitrogen and oxygen atoms in total. The fourth-order valence-electron chi connectivity index (χ4n) is 0.991. The first-order valence-corrected chi connectivity index (χ1v) is 4.61. The molecule has 0 saturated heterocycles. The summed E-state index contributed by atoms with van der Waals surface area (Å²) < 4.78 is 4.64. The molecule has 0 bridgehead atoms. The Balaban J connectivity index is 2.14. The molecule has 0 saturated carbocycles. The highest BCUT2D eigenvalue weighted by atomic mass is 32.1. The predicted molar refractivity (Wildman–Crippen MR) is 48.4 cm³/mol. The zero-order valence-corrected chi connectivity index (χ0v) is 7.84. The maximum atomic E-state index is 5.28. The standard InChI is InChI=1S/C7H8N4OS/c1-4-9-5(3-13-4)2-6-10-7(8)12-11-6/h3H,2H2,1H3,(H2,8,10,11). The summed E-state index contributed by atoms with van der Waals surface area (Å²) in [5, 5.41) is 6.68. The maximum Gasteiger partial charge on any atom is 0.318 e. The average Bonchev–Trinajstić information content (AvgIpc) is 2.62. The van der Waals surface area contributed by atoms with E-state index in [2.05, 4.69) is 19.6 Å². The lowest BCUT2D eigenvalue weighted by Gasteiger charge is -1.86. The molecule has 0 aromatic carbocycles. The molecule has 0 fully saturated rings. The van der Waals surface area contributed by atoms with Crippen LogP contribution in [0.4, 0.5) is 6.01 Å². The summed E-state index contributed by atoms with van der Waals surface area (Å²) >= 11 is 1.60. The number of nitrogens with zero attached hydrogens (tertiary/aromatic N) is 3. The van der Waals surface area contributed by atoms with E-state index in [9.17, 15) is 0 Å². The van der Waals surface area contributed by atoms with Crippen LogP contribution < -0.4 is 5.73 Å². The quantitative estimate of drug-likeness (QED) is 0.775. The molecule has 0 aliphatic heterocycles. The smallest absolute Gasteiger partial charge is 0.318 e. The zero-order valence-electron chi connectivity index (χ0n) is 7.02. The largest absolute Gasteiger partial charge is 0.351 e. The summed E-state index contributed by atoms with van der Waals surface area (Å²) in [5.74, 6) is 0.572. The van der Waals surface area contributed by atoms with Crippen LogP contribution in [0.25, 0.3) is 0 Å². The van der Waals surface area contributed by atoms with E-state index in [0.29, 0.717) is 12.2 Å². The molecule has 2 heterocycles. The summed E-state index contributed by atoms with van der Waals surface area (Å²) in [6.45, 7) is 1.96. The van der Waals surface area contributed by atoms with Gasteiger partial charge in [0.1, 0.15) is 0 Å². The van der Waals surface area contributed by atoms with Crippen molar-refractivity contribution in [3.8, 4) is 0 Å². The number of anilines is 1. The van der Waals surface area contributed by atoms with Gasteiger partial charge in [0.15, 0.2) is 5.82 Å². The van der Waals surface area contributed by atoms with Gasteiger partial charge in [-0.05, 0) is 6.92 Å². The molecule has 6 heteroatoms. The van der Waals surface area contributed by atoms with Crippen LogP contribution in [-0.2, 0) is 6.42 Å². The van der Waals surface area contributed by atoms with E-state index < -0.39 is 0 Å². The van der Waals surface area contributed by atoms with Gasteiger partial charge in [-0.25, -0.2) is 4.98 Å². The minimum absolute atomic E-state index is 0.0990. The molecular formula is C7H8N4OS. The van der Waals surface area contributed by atoms with Crippen LogP contribution in [0.5, 0.6) is 0 Å². The minimum Gasteiger partial charge on any atom is -0.351 e. The van der Waals surface area contributed by atoms with Crippen LogP contribution in [0.1, 0.15) is 16.5 Å². The predicted octanol–water partition coefficient (Wildman–Crippen LogP) is 1.01. The number of hydrogen-bond acceptors (Lipinski definition) is 6. The molecule has 2 N–H and O–H groups in total. The third-order valence-corrected chi connectivity index (χ3v) is 2.31. The van der Waals surface area contributed by atoms with Gasteiger partial charge >= 0.3 is 6.01 Å². The van der Waals surface area contributed by atoms with Crippen molar-refractivity contribution in [3.05, 3.63) is 21.9 Å². The average molecular weight is 196 g/mol. The highest BCUT2D eigenvalue weighted by molar-refractivity contribution is 7.09. The van der Waals surface area contributed by atoms with E-state index in [-0.39, 0.29) is 6.01 Å². The number of aromatic nitrogens is 3. The van der Waals surface area contributed by atoms with Crippen molar-refractivity contribution in [1.29, 1.82) is 0 Å². The van der Waals surface area contributed by atoms with Crippen LogP contribution in [0, 0.1) is 6.92 Å². The third-order valence-electron chi connectivity index (χ3n) is 1.49. The minimum atomic E-state index is 0.0990. The number of rotatable bonds is 2. The second kappa shape index (κ2) is 3.14. The Morgan fingerprint density at radius 2 is 2.38 bits per heavy atom. The van der Waals surface area contributed by atoms with Crippen molar-refractivity contribution >= 4 is 17.4 Å². The number of nitrogen functional groups attached to an aromatic ring is 1. The molecular weight excluding hydrogens is 188 g/mol. The van der Waals surface area contributed by atoms with Gasteiger partial charge < -0.3 is 10.3 Å². The van der Waals surface area contributed by atoms with Crippen molar-refractivity contribution in [2.24, 2.45) is 0 Å². The van der Waals surface area contributed by atoms with Crippen LogP contribution in [0.15, 0.2) is 9.90 Å². The van der Waals surface area contributed by atoms with Gasteiger partial charge in [-0.3, -0.25) is 0 Å². The van der Waals surface area contributed by atoms with Gasteiger partial charge in [-0.15, -0.1) is 11.3 Å². The molecule has 0 radical (unpaired) electrons. The molecule has 0 spiro atoms. The molecule has 68 valence electrons. The zero-order chi connectivity index (χ0) is 9.26. The summed E-state index contributed by atoms with van der Waals surface area (Å²) in [4.78, 5) is 8.15. The Bertz CT molecular complexity index is 370. The van der Waals surface area contributed by atoms with E-state index in [0.717, 1.165) is 10.7 Å². The Kier molecular flexibility index (Phi) is 1.97. The van der Waals surface area contributed by atoms with Crippen LogP contribution in [0.2, 0.25) is 0 Å². The van der Waals surface area contributed by atoms with Crippen LogP contribution in [0.3, 0.4) is 0 Å². The van der Waals surface area contributed by atoms with Gasteiger partial charge in [0.05, 0.1) is 17.1 Å². The molecule has 0 unspecified atom stereocenters. The third kappa shape index (κ3) is 1.83. The monoisotopic (exact) mass is 196 g/mol. The SMILES string of the molecule is Cc1nc(Cc2noc(N)n2)cs1. The van der Waals surface area contributed by atoms with Crippen LogP contribution in [-0.4, -0.2) is 15.1 Å². The molecule has 13 heavy (non-hydrogen) atoms. The van der Waals surface area contributed by atoms with E-state index in [1.807, 2.05) is 12.3 Å². The second-order valence-electron chi connectivity index (χ2n) is 2.58.